The molecule has 0 N–H and O–H groups in total. The van der Waals surface area contributed by atoms with Crippen molar-refractivity contribution < 1.29 is 0 Å². The van der Waals surface area contributed by atoms with Crippen LogP contribution in [0, 0.1) is 17.9 Å². The summed E-state index contributed by atoms with van der Waals surface area (Å²) in [6, 6.07) is 81.8. The van der Waals surface area contributed by atoms with Gasteiger partial charge in [0.2, 0.25) is 5.69 Å². The summed E-state index contributed by atoms with van der Waals surface area (Å²) in [6.07, 6.45) is 0. The lowest BCUT2D eigenvalue weighted by Crippen LogP contribution is -2.16. The van der Waals surface area contributed by atoms with Crippen LogP contribution in [0.1, 0.15) is 55.5 Å². The highest BCUT2D eigenvalue weighted by atomic mass is 15.2. The third-order valence-corrected chi connectivity index (χ3v) is 18.4. The molecule has 0 amide bonds. The van der Waals surface area contributed by atoms with Crippen LogP contribution in [0.25, 0.3) is 137 Å². The monoisotopic (exact) mass is 1020 g/mol. The van der Waals surface area contributed by atoms with E-state index in [1.165, 1.54) is 33.4 Å². The minimum Gasteiger partial charge on any atom is -0.316 e. The average Bonchev–Trinajstić information content (AvgIpc) is 4.47. The highest BCUT2D eigenvalue weighted by Crippen LogP contribution is 2.58. The Morgan fingerprint density at radius 2 is 0.650 bits per heavy atom. The van der Waals surface area contributed by atoms with Crippen molar-refractivity contribution >= 4 is 92.9 Å². The molecule has 80 heavy (non-hydrogen) atoms. The first-order valence-electron chi connectivity index (χ1n) is 27.5. The molecule has 0 aliphatic heterocycles. The van der Waals surface area contributed by atoms with E-state index in [0.29, 0.717) is 16.9 Å². The summed E-state index contributed by atoms with van der Waals surface area (Å²) >= 11 is 0. The van der Waals surface area contributed by atoms with Gasteiger partial charge in [0.1, 0.15) is 0 Å². The first-order chi connectivity index (χ1) is 39.2. The molecule has 374 valence electrons. The summed E-state index contributed by atoms with van der Waals surface area (Å²) in [5, 5.41) is 21.3. The predicted molar refractivity (Wildman–Crippen MR) is 330 cm³/mol. The van der Waals surface area contributed by atoms with Gasteiger partial charge in [-0.15, -0.1) is 0 Å². The van der Waals surface area contributed by atoms with Crippen molar-refractivity contribution in [2.75, 3.05) is 0 Å². The number of aromatic nitrogens is 4. The topological polar surface area (TPSA) is 47.9 Å². The second kappa shape index (κ2) is 15.6. The lowest BCUT2D eigenvalue weighted by molar-refractivity contribution is 0.660. The molecule has 6 nitrogen and oxygen atoms in total. The van der Waals surface area contributed by atoms with Gasteiger partial charge in [-0.3, -0.25) is 0 Å². The number of para-hydroxylation sites is 6. The van der Waals surface area contributed by atoms with E-state index in [2.05, 4.69) is 270 Å². The fraction of sp³-hybridized carbons (Fsp3) is 0.0811. The fourth-order valence-corrected chi connectivity index (χ4v) is 15.0. The lowest BCUT2D eigenvalue weighted by atomic mass is 9.82. The number of nitriles is 1. The van der Waals surface area contributed by atoms with Crippen LogP contribution in [-0.4, -0.2) is 18.3 Å². The molecule has 6 heteroatoms. The lowest BCUT2D eigenvalue weighted by Gasteiger charge is -2.28. The third kappa shape index (κ3) is 5.40. The van der Waals surface area contributed by atoms with Gasteiger partial charge in [0.15, 0.2) is 0 Å². The van der Waals surface area contributed by atoms with Gasteiger partial charge in [-0.2, -0.15) is 5.26 Å². The molecule has 15 aromatic rings. The highest BCUT2D eigenvalue weighted by Gasteiger charge is 2.42. The molecule has 0 saturated carbocycles. The number of benzene rings is 11. The van der Waals surface area contributed by atoms with Crippen molar-refractivity contribution in [3.05, 3.63) is 258 Å². The Kier molecular flexibility index (Phi) is 8.74. The molecule has 11 aromatic carbocycles. The Morgan fingerprint density at radius 3 is 1.02 bits per heavy atom. The van der Waals surface area contributed by atoms with Gasteiger partial charge in [0.25, 0.3) is 0 Å². The minimum absolute atomic E-state index is 0.272. The quantitative estimate of drug-likeness (QED) is 0.162. The second-order valence-electron chi connectivity index (χ2n) is 22.9. The zero-order valence-corrected chi connectivity index (χ0v) is 44.5. The summed E-state index contributed by atoms with van der Waals surface area (Å²) in [5.41, 5.74) is 20.2. The Labute approximate surface area is 461 Å². The van der Waals surface area contributed by atoms with Crippen LogP contribution >= 0.6 is 0 Å². The van der Waals surface area contributed by atoms with E-state index >= 15 is 0 Å². The van der Waals surface area contributed by atoms with E-state index in [1.54, 1.807) is 0 Å². The maximum atomic E-state index is 12.7. The normalized spacial score (nSPS) is 13.9. The number of nitrogens with zero attached hydrogens (tertiary/aromatic N) is 6. The maximum Gasteiger partial charge on any atom is 0.232 e. The van der Waals surface area contributed by atoms with Crippen molar-refractivity contribution in [2.24, 2.45) is 0 Å². The number of hydrogen-bond donors (Lipinski definition) is 0. The van der Waals surface area contributed by atoms with Gasteiger partial charge in [0, 0.05) is 65.0 Å². The Balaban J connectivity index is 1.22. The van der Waals surface area contributed by atoms with Crippen LogP contribution in [0.3, 0.4) is 0 Å². The van der Waals surface area contributed by atoms with Gasteiger partial charge in [-0.05, 0) is 69.8 Å². The molecular weight excluding hydrogens is 973 g/mol. The molecule has 0 saturated heterocycles. The molecule has 0 atom stereocenters. The molecule has 0 bridgehead atoms. The fourth-order valence-electron chi connectivity index (χ4n) is 15.0. The molecule has 4 aromatic heterocycles. The van der Waals surface area contributed by atoms with Crippen molar-refractivity contribution in [1.29, 1.82) is 5.26 Å². The Morgan fingerprint density at radius 1 is 0.338 bits per heavy atom. The van der Waals surface area contributed by atoms with Crippen LogP contribution in [0.5, 0.6) is 0 Å². The molecule has 0 fully saturated rings. The number of rotatable bonds is 4. The van der Waals surface area contributed by atoms with E-state index in [-0.39, 0.29) is 16.5 Å². The van der Waals surface area contributed by atoms with Crippen molar-refractivity contribution in [2.45, 2.75) is 38.5 Å². The SMILES string of the molecule is [C-]#[N+]c1c(C#N)c(-n2c3ccccc3c3ccc4c(c32)-c2ccccc2C4(C)C)c(-n2c3ccccc3c3ccccc32)c(-n2c3ccccc3c3ccccc32)c1-n1c2ccccc2c2ccc3c(c21)-c1ccccc1C3(C)C. The largest absolute Gasteiger partial charge is 0.316 e. The number of hydrogen-bond acceptors (Lipinski definition) is 1. The summed E-state index contributed by atoms with van der Waals surface area (Å²) in [4.78, 5) is 4.79. The molecule has 0 spiro atoms. The van der Waals surface area contributed by atoms with Crippen LogP contribution in [0.2, 0.25) is 0 Å². The van der Waals surface area contributed by atoms with Crippen molar-refractivity contribution in [1.82, 2.24) is 18.3 Å². The Bertz CT molecular complexity index is 4960. The highest BCUT2D eigenvalue weighted by molar-refractivity contribution is 6.21. The van der Waals surface area contributed by atoms with E-state index in [1.807, 2.05) is 0 Å². The maximum absolute atomic E-state index is 12.7. The zero-order chi connectivity index (χ0) is 53.5. The van der Waals surface area contributed by atoms with E-state index < -0.39 is 0 Å². The summed E-state index contributed by atoms with van der Waals surface area (Å²) in [7, 11) is 0. The minimum atomic E-state index is -0.321. The molecule has 4 heterocycles. The molecule has 0 unspecified atom stereocenters. The van der Waals surface area contributed by atoms with Gasteiger partial charge < -0.3 is 18.3 Å². The Hall–Kier alpha value is -10.4. The molecule has 2 aliphatic rings. The summed E-state index contributed by atoms with van der Waals surface area (Å²) in [5.74, 6) is 0. The van der Waals surface area contributed by atoms with Gasteiger partial charge >= 0.3 is 0 Å². The molecular formula is C74H48N6. The van der Waals surface area contributed by atoms with Gasteiger partial charge in [-0.25, -0.2) is 4.85 Å². The van der Waals surface area contributed by atoms with Crippen molar-refractivity contribution in [3.63, 3.8) is 0 Å². The average molecular weight is 1020 g/mol. The van der Waals surface area contributed by atoms with Gasteiger partial charge in [0.05, 0.1) is 85.1 Å². The zero-order valence-electron chi connectivity index (χ0n) is 44.5. The van der Waals surface area contributed by atoms with Crippen LogP contribution in [0.4, 0.5) is 5.69 Å². The van der Waals surface area contributed by atoms with E-state index in [0.717, 1.165) is 110 Å². The van der Waals surface area contributed by atoms with Crippen LogP contribution in [0.15, 0.2) is 218 Å². The first kappa shape index (κ1) is 44.7. The molecule has 0 radical (unpaired) electrons. The van der Waals surface area contributed by atoms with E-state index in [4.69, 9.17) is 4.85 Å². The first-order valence-corrected chi connectivity index (χ1v) is 27.5. The van der Waals surface area contributed by atoms with Crippen molar-refractivity contribution in [3.8, 4) is 51.1 Å². The number of fused-ring (bicyclic) bond motifs is 20. The summed E-state index contributed by atoms with van der Waals surface area (Å²) in [6.45, 7) is 19.2. The standard InChI is InChI=1S/C74H48N6/c1-73(2)54-30-14-6-28-51(54)64-56(73)40-38-49-47-26-12-20-36-62(47)79(67(49)64)69-53(42-75)66(76-5)70(80-63-37-21-13-27-48(63)50-39-41-57-65(68(50)80)52-29-7-15-31-55(52)74(57,3)4)72(78-60-34-18-10-24-45(60)46-25-11-19-35-61(46)78)71(69)77-58-32-16-8-22-43(58)44-23-9-17-33-59(44)77/h6-41H,1-4H3. The van der Waals surface area contributed by atoms with Crippen LogP contribution < -0.4 is 0 Å². The smallest absolute Gasteiger partial charge is 0.232 e. The van der Waals surface area contributed by atoms with E-state index in [9.17, 15) is 11.8 Å². The second-order valence-corrected chi connectivity index (χ2v) is 22.9. The van der Waals surface area contributed by atoms with Crippen LogP contribution in [-0.2, 0) is 10.8 Å². The summed E-state index contributed by atoms with van der Waals surface area (Å²) < 4.78 is 9.63. The molecule has 2 aliphatic carbocycles. The molecule has 17 rings (SSSR count). The predicted octanol–water partition coefficient (Wildman–Crippen LogP) is 19.1. The third-order valence-electron chi connectivity index (χ3n) is 18.4. The van der Waals surface area contributed by atoms with Gasteiger partial charge in [-0.1, -0.05) is 210 Å².